The molecule has 0 bridgehead atoms. The van der Waals surface area contributed by atoms with Crippen molar-refractivity contribution in [3.63, 3.8) is 0 Å². The molecule has 1 aliphatic carbocycles. The summed E-state index contributed by atoms with van der Waals surface area (Å²) in [6.45, 7) is 6.59. The van der Waals surface area contributed by atoms with Gasteiger partial charge in [-0.2, -0.15) is 0 Å². The maximum absolute atomic E-state index is 4.41. The lowest BCUT2D eigenvalue weighted by Gasteiger charge is -2.26. The molecule has 0 aliphatic heterocycles. The lowest BCUT2D eigenvalue weighted by atomic mass is 9.94. The van der Waals surface area contributed by atoms with Gasteiger partial charge in [0.25, 0.3) is 0 Å². The molecule has 0 radical (unpaired) electrons. The molecule has 1 aromatic heterocycles. The quantitative estimate of drug-likeness (QED) is 0.808. The summed E-state index contributed by atoms with van der Waals surface area (Å²) in [5.74, 6) is 1.11. The molecule has 0 atom stereocenters. The Bertz CT molecular complexity index is 545. The van der Waals surface area contributed by atoms with Crippen LogP contribution in [-0.4, -0.2) is 14.8 Å². The average molecular weight is 241 g/mol. The summed E-state index contributed by atoms with van der Waals surface area (Å²) in [4.78, 5) is 0. The van der Waals surface area contributed by atoms with Crippen LogP contribution >= 0.6 is 0 Å². The van der Waals surface area contributed by atoms with Crippen LogP contribution in [0.2, 0.25) is 0 Å². The Morgan fingerprint density at radius 1 is 1.11 bits per heavy atom. The van der Waals surface area contributed by atoms with Crippen molar-refractivity contribution >= 4 is 0 Å². The molecule has 0 spiro atoms. The highest BCUT2D eigenvalue weighted by Gasteiger charge is 2.50. The molecule has 0 amide bonds. The standard InChI is InChI=1S/C15H19N3/c1-14(2,3)18-11-16-17-13(18)15(9-10-15)12-7-5-4-6-8-12/h4-8,11H,9-10H2,1-3H3. The Labute approximate surface area is 108 Å². The Morgan fingerprint density at radius 3 is 2.33 bits per heavy atom. The fourth-order valence-corrected chi connectivity index (χ4v) is 2.58. The zero-order chi connectivity index (χ0) is 12.8. The first kappa shape index (κ1) is 11.5. The average Bonchev–Trinajstić information content (AvgIpc) is 2.98. The topological polar surface area (TPSA) is 30.7 Å². The summed E-state index contributed by atoms with van der Waals surface area (Å²) < 4.78 is 2.22. The van der Waals surface area contributed by atoms with Gasteiger partial charge in [0.1, 0.15) is 12.2 Å². The van der Waals surface area contributed by atoms with E-state index in [4.69, 9.17) is 0 Å². The van der Waals surface area contributed by atoms with Crippen molar-refractivity contribution in [2.45, 2.75) is 44.6 Å². The molecule has 1 fully saturated rings. The second kappa shape index (κ2) is 3.67. The Hall–Kier alpha value is -1.64. The molecular formula is C15H19N3. The van der Waals surface area contributed by atoms with Gasteiger partial charge < -0.3 is 4.57 Å². The van der Waals surface area contributed by atoms with Gasteiger partial charge >= 0.3 is 0 Å². The summed E-state index contributed by atoms with van der Waals surface area (Å²) in [5, 5.41) is 8.54. The molecule has 1 saturated carbocycles. The van der Waals surface area contributed by atoms with Gasteiger partial charge in [0.15, 0.2) is 0 Å². The van der Waals surface area contributed by atoms with Gasteiger partial charge in [0.2, 0.25) is 0 Å². The lowest BCUT2D eigenvalue weighted by molar-refractivity contribution is 0.374. The minimum Gasteiger partial charge on any atom is -0.311 e. The Morgan fingerprint density at radius 2 is 1.78 bits per heavy atom. The monoisotopic (exact) mass is 241 g/mol. The molecule has 0 saturated heterocycles. The van der Waals surface area contributed by atoms with Gasteiger partial charge in [-0.1, -0.05) is 30.3 Å². The van der Waals surface area contributed by atoms with E-state index in [1.165, 1.54) is 18.4 Å². The maximum Gasteiger partial charge on any atom is 0.143 e. The molecule has 3 rings (SSSR count). The van der Waals surface area contributed by atoms with Crippen LogP contribution in [0, 0.1) is 0 Å². The van der Waals surface area contributed by atoms with Crippen LogP contribution < -0.4 is 0 Å². The fraction of sp³-hybridized carbons (Fsp3) is 0.467. The molecule has 0 unspecified atom stereocenters. The Balaban J connectivity index is 2.09. The van der Waals surface area contributed by atoms with Gasteiger partial charge in [-0.15, -0.1) is 10.2 Å². The van der Waals surface area contributed by atoms with E-state index in [2.05, 4.69) is 65.9 Å². The van der Waals surface area contributed by atoms with E-state index in [1.54, 1.807) is 0 Å². The Kier molecular flexibility index (Phi) is 2.34. The van der Waals surface area contributed by atoms with Gasteiger partial charge in [-0.25, -0.2) is 0 Å². The number of benzene rings is 1. The number of aromatic nitrogens is 3. The third-order valence-electron chi connectivity index (χ3n) is 3.77. The van der Waals surface area contributed by atoms with Crippen LogP contribution in [0.3, 0.4) is 0 Å². The summed E-state index contributed by atoms with van der Waals surface area (Å²) in [6.07, 6.45) is 4.20. The molecule has 2 aromatic rings. The highest BCUT2D eigenvalue weighted by Crippen LogP contribution is 2.53. The van der Waals surface area contributed by atoms with Crippen molar-refractivity contribution in [3.05, 3.63) is 48.0 Å². The number of hydrogen-bond donors (Lipinski definition) is 0. The predicted molar refractivity (Wildman–Crippen MR) is 71.5 cm³/mol. The van der Waals surface area contributed by atoms with Crippen molar-refractivity contribution in [3.8, 4) is 0 Å². The highest BCUT2D eigenvalue weighted by molar-refractivity contribution is 5.39. The molecule has 94 valence electrons. The fourth-order valence-electron chi connectivity index (χ4n) is 2.58. The van der Waals surface area contributed by atoms with Crippen LogP contribution in [0.5, 0.6) is 0 Å². The van der Waals surface area contributed by atoms with Crippen molar-refractivity contribution in [1.82, 2.24) is 14.8 Å². The third-order valence-corrected chi connectivity index (χ3v) is 3.77. The van der Waals surface area contributed by atoms with Gasteiger partial charge in [0, 0.05) is 5.54 Å². The first-order chi connectivity index (χ1) is 8.54. The van der Waals surface area contributed by atoms with E-state index < -0.39 is 0 Å². The van der Waals surface area contributed by atoms with E-state index in [1.807, 2.05) is 6.33 Å². The maximum atomic E-state index is 4.41. The van der Waals surface area contributed by atoms with Crippen molar-refractivity contribution in [2.24, 2.45) is 0 Å². The van der Waals surface area contributed by atoms with Crippen molar-refractivity contribution in [1.29, 1.82) is 0 Å². The summed E-state index contributed by atoms with van der Waals surface area (Å²) in [7, 11) is 0. The number of nitrogens with zero attached hydrogens (tertiary/aromatic N) is 3. The second-order valence-corrected chi connectivity index (χ2v) is 6.14. The first-order valence-corrected chi connectivity index (χ1v) is 6.51. The number of hydrogen-bond acceptors (Lipinski definition) is 2. The summed E-state index contributed by atoms with van der Waals surface area (Å²) in [5.41, 5.74) is 1.50. The lowest BCUT2D eigenvalue weighted by Crippen LogP contribution is -2.27. The van der Waals surface area contributed by atoms with E-state index >= 15 is 0 Å². The molecule has 3 nitrogen and oxygen atoms in total. The van der Waals surface area contributed by atoms with E-state index in [-0.39, 0.29) is 11.0 Å². The van der Waals surface area contributed by atoms with Gasteiger partial charge in [0.05, 0.1) is 5.41 Å². The van der Waals surface area contributed by atoms with Crippen molar-refractivity contribution in [2.75, 3.05) is 0 Å². The first-order valence-electron chi connectivity index (χ1n) is 6.51. The van der Waals surface area contributed by atoms with Gasteiger partial charge in [-0.3, -0.25) is 0 Å². The van der Waals surface area contributed by atoms with Crippen LogP contribution in [0.25, 0.3) is 0 Å². The highest BCUT2D eigenvalue weighted by atomic mass is 15.3. The van der Waals surface area contributed by atoms with Crippen LogP contribution in [-0.2, 0) is 11.0 Å². The van der Waals surface area contributed by atoms with Crippen LogP contribution in [0.1, 0.15) is 45.0 Å². The zero-order valence-corrected chi connectivity index (χ0v) is 11.2. The third kappa shape index (κ3) is 1.65. The molecule has 18 heavy (non-hydrogen) atoms. The van der Waals surface area contributed by atoms with Crippen LogP contribution in [0.4, 0.5) is 0 Å². The van der Waals surface area contributed by atoms with Crippen molar-refractivity contribution < 1.29 is 0 Å². The minimum absolute atomic E-state index is 0.0310. The summed E-state index contributed by atoms with van der Waals surface area (Å²) in [6, 6.07) is 10.7. The molecule has 3 heteroatoms. The summed E-state index contributed by atoms with van der Waals surface area (Å²) >= 11 is 0. The largest absolute Gasteiger partial charge is 0.311 e. The smallest absolute Gasteiger partial charge is 0.143 e. The van der Waals surface area contributed by atoms with Gasteiger partial charge in [-0.05, 0) is 39.2 Å². The molecule has 0 N–H and O–H groups in total. The van der Waals surface area contributed by atoms with E-state index in [9.17, 15) is 0 Å². The predicted octanol–water partition coefficient (Wildman–Crippen LogP) is 3.11. The van der Waals surface area contributed by atoms with E-state index in [0.29, 0.717) is 0 Å². The zero-order valence-electron chi connectivity index (χ0n) is 11.2. The molecular weight excluding hydrogens is 222 g/mol. The minimum atomic E-state index is 0.0310. The second-order valence-electron chi connectivity index (χ2n) is 6.14. The molecule has 1 aliphatic rings. The van der Waals surface area contributed by atoms with Crippen LogP contribution in [0.15, 0.2) is 36.7 Å². The number of rotatable bonds is 2. The van der Waals surface area contributed by atoms with E-state index in [0.717, 1.165) is 5.82 Å². The molecule has 1 heterocycles. The normalized spacial score (nSPS) is 17.7. The molecule has 1 aromatic carbocycles. The SMILES string of the molecule is CC(C)(C)n1cnnc1C1(c2ccccc2)CC1.